The molecule has 0 saturated heterocycles. The van der Waals surface area contributed by atoms with Crippen molar-refractivity contribution in [3.05, 3.63) is 78.4 Å². The predicted octanol–water partition coefficient (Wildman–Crippen LogP) is 5.93. The van der Waals surface area contributed by atoms with Crippen LogP contribution in [0.2, 0.25) is 0 Å². The molecule has 1 saturated carbocycles. The van der Waals surface area contributed by atoms with Gasteiger partial charge in [0.05, 0.1) is 5.92 Å². The largest absolute Gasteiger partial charge is 0.426 e. The van der Waals surface area contributed by atoms with Gasteiger partial charge >= 0.3 is 5.97 Å². The highest BCUT2D eigenvalue weighted by Crippen LogP contribution is 2.29. The van der Waals surface area contributed by atoms with E-state index in [0.717, 1.165) is 42.7 Å². The number of benzene rings is 2. The van der Waals surface area contributed by atoms with Gasteiger partial charge in [0.2, 0.25) is 0 Å². The highest BCUT2D eigenvalue weighted by molar-refractivity contribution is 5.75. The van der Waals surface area contributed by atoms with Crippen LogP contribution in [0.3, 0.4) is 0 Å². The summed E-state index contributed by atoms with van der Waals surface area (Å²) in [7, 11) is 0. The van der Waals surface area contributed by atoms with Gasteiger partial charge in [-0.05, 0) is 74.9 Å². The summed E-state index contributed by atoms with van der Waals surface area (Å²) in [5, 5.41) is 0. The maximum atomic E-state index is 12.2. The van der Waals surface area contributed by atoms with E-state index in [-0.39, 0.29) is 11.9 Å². The quantitative estimate of drug-likeness (QED) is 0.287. The first-order valence-electron chi connectivity index (χ1n) is 9.50. The Balaban J connectivity index is 0.00000126. The molecule has 0 spiro atoms. The second-order valence-electron chi connectivity index (χ2n) is 7.02. The van der Waals surface area contributed by atoms with Gasteiger partial charge in [-0.2, -0.15) is 0 Å². The van der Waals surface area contributed by atoms with Crippen molar-refractivity contribution >= 4 is 5.97 Å². The summed E-state index contributed by atoms with van der Waals surface area (Å²) in [6, 6.07) is 15.6. The SMILES string of the molecule is C=C.Cc1ccc(C#Cc2ccc(OC(=O)C3CCC(C)CC3)cc2)cc1. The minimum Gasteiger partial charge on any atom is -0.426 e. The standard InChI is InChI=1S/C23H24O2.C2H4/c1-17-3-7-19(8-4-17)9-10-20-11-15-22(16-12-20)25-23(24)21-13-5-18(2)6-14-21;1-2/h3-4,7-8,11-12,15-16,18,21H,5-6,13-14H2,1-2H3;1-2H2. The average Bonchev–Trinajstić information content (AvgIpc) is 2.70. The Hall–Kier alpha value is -2.79. The van der Waals surface area contributed by atoms with Crippen LogP contribution in [0.25, 0.3) is 0 Å². The zero-order valence-corrected chi connectivity index (χ0v) is 16.3. The van der Waals surface area contributed by atoms with Gasteiger partial charge in [0.25, 0.3) is 0 Å². The lowest BCUT2D eigenvalue weighted by molar-refractivity contribution is -0.140. The first-order valence-corrected chi connectivity index (χ1v) is 9.50. The Bertz CT molecular complexity index is 783. The molecule has 0 amide bonds. The molecule has 1 aliphatic carbocycles. The third-order valence-corrected chi connectivity index (χ3v) is 4.82. The minimum atomic E-state index is -0.0922. The molecule has 3 rings (SSSR count). The van der Waals surface area contributed by atoms with Crippen LogP contribution >= 0.6 is 0 Å². The summed E-state index contributed by atoms with van der Waals surface area (Å²) in [6.07, 6.45) is 4.13. The van der Waals surface area contributed by atoms with Crippen molar-refractivity contribution < 1.29 is 9.53 Å². The van der Waals surface area contributed by atoms with Crippen LogP contribution < -0.4 is 4.74 Å². The minimum absolute atomic E-state index is 0.0530. The average molecular weight is 360 g/mol. The predicted molar refractivity (Wildman–Crippen MR) is 112 cm³/mol. The third kappa shape index (κ3) is 6.46. The van der Waals surface area contributed by atoms with E-state index >= 15 is 0 Å². The van der Waals surface area contributed by atoms with Crippen molar-refractivity contribution in [2.75, 3.05) is 0 Å². The van der Waals surface area contributed by atoms with Gasteiger partial charge in [0.1, 0.15) is 5.75 Å². The Morgan fingerprint density at radius 2 is 1.37 bits per heavy atom. The Labute approximate surface area is 163 Å². The molecule has 27 heavy (non-hydrogen) atoms. The zero-order valence-electron chi connectivity index (χ0n) is 16.3. The molecule has 0 bridgehead atoms. The summed E-state index contributed by atoms with van der Waals surface area (Å²) in [6.45, 7) is 10.3. The normalized spacial score (nSPS) is 18.3. The van der Waals surface area contributed by atoms with Gasteiger partial charge in [-0.3, -0.25) is 4.79 Å². The number of carbonyl (C=O) groups excluding carboxylic acids is 1. The molecule has 2 aromatic rings. The van der Waals surface area contributed by atoms with Crippen LogP contribution in [0.4, 0.5) is 0 Å². The molecule has 0 unspecified atom stereocenters. The molecule has 2 aromatic carbocycles. The number of aryl methyl sites for hydroxylation is 1. The molecule has 0 heterocycles. The molecule has 0 aromatic heterocycles. The van der Waals surface area contributed by atoms with E-state index in [1.54, 1.807) is 0 Å². The van der Waals surface area contributed by atoms with E-state index in [0.29, 0.717) is 5.75 Å². The van der Waals surface area contributed by atoms with Crippen LogP contribution in [-0.4, -0.2) is 5.97 Å². The second kappa shape index (κ2) is 10.4. The zero-order chi connectivity index (χ0) is 19.6. The smallest absolute Gasteiger partial charge is 0.314 e. The number of rotatable bonds is 2. The maximum absolute atomic E-state index is 12.2. The summed E-state index contributed by atoms with van der Waals surface area (Å²) in [4.78, 5) is 12.2. The monoisotopic (exact) mass is 360 g/mol. The maximum Gasteiger partial charge on any atom is 0.314 e. The second-order valence-corrected chi connectivity index (χ2v) is 7.02. The van der Waals surface area contributed by atoms with Gasteiger partial charge < -0.3 is 4.74 Å². The van der Waals surface area contributed by atoms with Crippen molar-refractivity contribution in [3.8, 4) is 17.6 Å². The highest BCUT2D eigenvalue weighted by atomic mass is 16.5. The molecule has 2 heteroatoms. The van der Waals surface area contributed by atoms with E-state index in [2.05, 4.69) is 51.0 Å². The fourth-order valence-electron chi connectivity index (χ4n) is 3.08. The molecule has 0 N–H and O–H groups in total. The van der Waals surface area contributed by atoms with E-state index in [4.69, 9.17) is 4.74 Å². The van der Waals surface area contributed by atoms with Gasteiger partial charge in [0.15, 0.2) is 0 Å². The Morgan fingerprint density at radius 1 is 0.889 bits per heavy atom. The fourth-order valence-corrected chi connectivity index (χ4v) is 3.08. The molecule has 0 atom stereocenters. The highest BCUT2D eigenvalue weighted by Gasteiger charge is 2.25. The van der Waals surface area contributed by atoms with E-state index < -0.39 is 0 Å². The van der Waals surface area contributed by atoms with Crippen LogP contribution in [0, 0.1) is 30.6 Å². The Kier molecular flexibility index (Phi) is 7.89. The molecule has 0 aliphatic heterocycles. The molecule has 1 aliphatic rings. The van der Waals surface area contributed by atoms with Gasteiger partial charge in [-0.15, -0.1) is 13.2 Å². The Morgan fingerprint density at radius 3 is 1.89 bits per heavy atom. The van der Waals surface area contributed by atoms with E-state index in [9.17, 15) is 4.79 Å². The summed E-state index contributed by atoms with van der Waals surface area (Å²) in [5.41, 5.74) is 3.13. The number of hydrogen-bond acceptors (Lipinski definition) is 2. The molecular weight excluding hydrogens is 332 g/mol. The van der Waals surface area contributed by atoms with Crippen molar-refractivity contribution in [1.29, 1.82) is 0 Å². The number of carbonyl (C=O) groups is 1. The number of hydrogen-bond donors (Lipinski definition) is 0. The molecular formula is C25H28O2. The van der Waals surface area contributed by atoms with E-state index in [1.165, 1.54) is 5.56 Å². The lowest BCUT2D eigenvalue weighted by Gasteiger charge is -2.24. The molecule has 140 valence electrons. The fraction of sp³-hybridized carbons (Fsp3) is 0.320. The third-order valence-electron chi connectivity index (χ3n) is 4.82. The van der Waals surface area contributed by atoms with Crippen LogP contribution in [-0.2, 0) is 4.79 Å². The summed E-state index contributed by atoms with van der Waals surface area (Å²) < 4.78 is 5.53. The van der Waals surface area contributed by atoms with Crippen LogP contribution in [0.5, 0.6) is 5.75 Å². The van der Waals surface area contributed by atoms with Gasteiger partial charge in [-0.25, -0.2) is 0 Å². The van der Waals surface area contributed by atoms with Crippen molar-refractivity contribution in [2.24, 2.45) is 11.8 Å². The van der Waals surface area contributed by atoms with Gasteiger partial charge in [0, 0.05) is 11.1 Å². The van der Waals surface area contributed by atoms with Crippen LogP contribution in [0.1, 0.15) is 49.3 Å². The summed E-state index contributed by atoms with van der Waals surface area (Å²) >= 11 is 0. The first-order chi connectivity index (χ1) is 13.1. The van der Waals surface area contributed by atoms with Crippen LogP contribution in [0.15, 0.2) is 61.7 Å². The van der Waals surface area contributed by atoms with E-state index in [1.807, 2.05) is 36.4 Å². The lowest BCUT2D eigenvalue weighted by atomic mass is 9.83. The molecule has 2 nitrogen and oxygen atoms in total. The van der Waals surface area contributed by atoms with Crippen molar-refractivity contribution in [2.45, 2.75) is 39.5 Å². The van der Waals surface area contributed by atoms with Crippen molar-refractivity contribution in [1.82, 2.24) is 0 Å². The molecule has 1 fully saturated rings. The lowest BCUT2D eigenvalue weighted by Crippen LogP contribution is -2.24. The van der Waals surface area contributed by atoms with Crippen molar-refractivity contribution in [3.63, 3.8) is 0 Å². The first kappa shape index (κ1) is 20.5. The van der Waals surface area contributed by atoms with Gasteiger partial charge in [-0.1, -0.05) is 36.5 Å². The number of ether oxygens (including phenoxy) is 1. The number of esters is 1. The molecule has 0 radical (unpaired) electrons. The summed E-state index contributed by atoms with van der Waals surface area (Å²) in [5.74, 6) is 7.58. The topological polar surface area (TPSA) is 26.3 Å².